The number of fused-ring (bicyclic) bond motifs is 1. The zero-order valence-corrected chi connectivity index (χ0v) is 17.3. The third-order valence-electron chi connectivity index (χ3n) is 6.89. The first-order valence-corrected chi connectivity index (χ1v) is 11.0. The minimum Gasteiger partial charge on any atom is -0.497 e. The van der Waals surface area contributed by atoms with Crippen molar-refractivity contribution in [3.8, 4) is 5.75 Å². The Morgan fingerprint density at radius 2 is 1.76 bits per heavy atom. The minimum atomic E-state index is 0.597. The Bertz CT molecular complexity index is 838. The lowest BCUT2D eigenvalue weighted by Crippen LogP contribution is -2.48. The summed E-state index contributed by atoms with van der Waals surface area (Å²) < 4.78 is 5.41. The zero-order valence-electron chi connectivity index (χ0n) is 17.3. The van der Waals surface area contributed by atoms with E-state index in [1.807, 2.05) is 6.07 Å². The topological polar surface area (TPSA) is 44.7 Å². The van der Waals surface area contributed by atoms with E-state index in [-0.39, 0.29) is 0 Å². The van der Waals surface area contributed by atoms with Gasteiger partial charge in [-0.2, -0.15) is 0 Å². The Balaban J connectivity index is 1.29. The summed E-state index contributed by atoms with van der Waals surface area (Å²) >= 11 is 0. The molecule has 0 aliphatic carbocycles. The Hall–Kier alpha value is -2.34. The summed E-state index contributed by atoms with van der Waals surface area (Å²) in [6.45, 7) is 6.58. The van der Waals surface area contributed by atoms with Crippen LogP contribution in [0.15, 0.2) is 36.7 Å². The fraction of sp³-hybridized carbons (Fsp3) is 0.565. The van der Waals surface area contributed by atoms with Crippen LogP contribution in [-0.2, 0) is 6.54 Å². The average Bonchev–Trinajstić information content (AvgIpc) is 3.44. The van der Waals surface area contributed by atoms with Gasteiger partial charge in [0.2, 0.25) is 0 Å². The standard InChI is InChI=1S/C23H31N5O/c1-29-20-6-4-5-18(13-20)15-27-11-7-19-8-12-28(16-21(19)27)23-14-22(24-17-25-23)26-9-2-3-10-26/h4-6,13-14,17,19,21H,2-3,7-12,15-16H2,1H3. The highest BCUT2D eigenvalue weighted by atomic mass is 16.5. The maximum absolute atomic E-state index is 5.41. The molecule has 0 amide bonds. The second-order valence-electron chi connectivity index (χ2n) is 8.60. The van der Waals surface area contributed by atoms with E-state index in [1.165, 1.54) is 37.8 Å². The number of nitrogens with zero attached hydrogens (tertiary/aromatic N) is 5. The van der Waals surface area contributed by atoms with E-state index in [1.54, 1.807) is 13.4 Å². The predicted molar refractivity (Wildman–Crippen MR) is 116 cm³/mol. The maximum atomic E-state index is 5.41. The summed E-state index contributed by atoms with van der Waals surface area (Å²) in [4.78, 5) is 16.7. The molecular weight excluding hydrogens is 362 g/mol. The molecule has 0 N–H and O–H groups in total. The van der Waals surface area contributed by atoms with Crippen molar-refractivity contribution in [3.63, 3.8) is 0 Å². The van der Waals surface area contributed by atoms with Gasteiger partial charge >= 0.3 is 0 Å². The highest BCUT2D eigenvalue weighted by molar-refractivity contribution is 5.51. The monoisotopic (exact) mass is 393 g/mol. The van der Waals surface area contributed by atoms with Crippen LogP contribution in [0.3, 0.4) is 0 Å². The van der Waals surface area contributed by atoms with Gasteiger partial charge in [-0.3, -0.25) is 4.90 Å². The molecule has 6 heteroatoms. The summed E-state index contributed by atoms with van der Waals surface area (Å²) in [6.07, 6.45) is 6.85. The Morgan fingerprint density at radius 3 is 2.59 bits per heavy atom. The number of ether oxygens (including phenoxy) is 1. The van der Waals surface area contributed by atoms with Gasteiger partial charge in [0, 0.05) is 44.8 Å². The molecule has 0 saturated carbocycles. The molecule has 6 nitrogen and oxygen atoms in total. The summed E-state index contributed by atoms with van der Waals surface area (Å²) in [7, 11) is 1.74. The second kappa shape index (κ2) is 8.19. The lowest BCUT2D eigenvalue weighted by molar-refractivity contribution is 0.200. The number of piperidine rings is 1. The number of rotatable bonds is 5. The largest absolute Gasteiger partial charge is 0.497 e. The molecule has 3 fully saturated rings. The lowest BCUT2D eigenvalue weighted by atomic mass is 9.92. The fourth-order valence-corrected chi connectivity index (χ4v) is 5.27. The van der Waals surface area contributed by atoms with Gasteiger partial charge < -0.3 is 14.5 Å². The van der Waals surface area contributed by atoms with Crippen LogP contribution < -0.4 is 14.5 Å². The average molecular weight is 394 g/mol. The molecule has 4 heterocycles. The van der Waals surface area contributed by atoms with E-state index in [2.05, 4.69) is 48.9 Å². The number of benzene rings is 1. The lowest BCUT2D eigenvalue weighted by Gasteiger charge is -2.39. The van der Waals surface area contributed by atoms with Crippen LogP contribution in [0.2, 0.25) is 0 Å². The zero-order chi connectivity index (χ0) is 19.6. The normalized spacial score (nSPS) is 24.7. The number of hydrogen-bond donors (Lipinski definition) is 0. The van der Waals surface area contributed by atoms with Gasteiger partial charge in [0.05, 0.1) is 7.11 Å². The molecule has 0 bridgehead atoms. The molecule has 3 aliphatic rings. The summed E-state index contributed by atoms with van der Waals surface area (Å²) in [6, 6.07) is 11.3. The van der Waals surface area contributed by atoms with E-state index in [4.69, 9.17) is 4.74 Å². The highest BCUT2D eigenvalue weighted by Crippen LogP contribution is 2.35. The van der Waals surface area contributed by atoms with E-state index in [9.17, 15) is 0 Å². The summed E-state index contributed by atoms with van der Waals surface area (Å²) in [5.74, 6) is 3.93. The first-order valence-electron chi connectivity index (χ1n) is 11.0. The Morgan fingerprint density at radius 1 is 0.966 bits per heavy atom. The summed E-state index contributed by atoms with van der Waals surface area (Å²) in [5.41, 5.74) is 1.33. The smallest absolute Gasteiger partial charge is 0.134 e. The summed E-state index contributed by atoms with van der Waals surface area (Å²) in [5, 5.41) is 0. The van der Waals surface area contributed by atoms with Crippen LogP contribution in [0.25, 0.3) is 0 Å². The number of methoxy groups -OCH3 is 1. The highest BCUT2D eigenvalue weighted by Gasteiger charge is 2.38. The maximum Gasteiger partial charge on any atom is 0.134 e. The molecule has 0 spiro atoms. The van der Waals surface area contributed by atoms with Crippen molar-refractivity contribution in [2.45, 2.75) is 38.3 Å². The molecule has 0 radical (unpaired) electrons. The fourth-order valence-electron chi connectivity index (χ4n) is 5.27. The second-order valence-corrected chi connectivity index (χ2v) is 8.60. The predicted octanol–water partition coefficient (Wildman–Crippen LogP) is 3.19. The van der Waals surface area contributed by atoms with Gasteiger partial charge in [-0.05, 0) is 55.8 Å². The van der Waals surface area contributed by atoms with Gasteiger partial charge in [-0.1, -0.05) is 12.1 Å². The first kappa shape index (κ1) is 18.7. The Labute approximate surface area is 173 Å². The van der Waals surface area contributed by atoms with Crippen molar-refractivity contribution in [2.75, 3.05) is 49.6 Å². The quantitative estimate of drug-likeness (QED) is 0.777. The number of likely N-dealkylation sites (tertiary alicyclic amines) is 1. The third-order valence-corrected chi connectivity index (χ3v) is 6.89. The third kappa shape index (κ3) is 3.90. The number of anilines is 2. The van der Waals surface area contributed by atoms with E-state index >= 15 is 0 Å². The van der Waals surface area contributed by atoms with Gasteiger partial charge in [0.15, 0.2) is 0 Å². The van der Waals surface area contributed by atoms with Crippen molar-refractivity contribution in [1.82, 2.24) is 14.9 Å². The van der Waals surface area contributed by atoms with Crippen molar-refractivity contribution < 1.29 is 4.74 Å². The molecule has 2 atom stereocenters. The number of aromatic nitrogens is 2. The van der Waals surface area contributed by atoms with E-state index < -0.39 is 0 Å². The van der Waals surface area contributed by atoms with Crippen LogP contribution in [0.1, 0.15) is 31.2 Å². The molecule has 2 aromatic rings. The van der Waals surface area contributed by atoms with E-state index in [0.717, 1.165) is 56.0 Å². The first-order chi connectivity index (χ1) is 14.3. The molecule has 3 saturated heterocycles. The van der Waals surface area contributed by atoms with Gasteiger partial charge in [-0.15, -0.1) is 0 Å². The number of hydrogen-bond acceptors (Lipinski definition) is 6. The van der Waals surface area contributed by atoms with Crippen molar-refractivity contribution in [1.29, 1.82) is 0 Å². The Kier molecular flexibility index (Phi) is 5.27. The molecule has 2 unspecified atom stereocenters. The van der Waals surface area contributed by atoms with Crippen molar-refractivity contribution in [3.05, 3.63) is 42.2 Å². The van der Waals surface area contributed by atoms with Gasteiger partial charge in [0.1, 0.15) is 23.7 Å². The molecule has 1 aromatic heterocycles. The van der Waals surface area contributed by atoms with Crippen molar-refractivity contribution in [2.24, 2.45) is 5.92 Å². The van der Waals surface area contributed by atoms with Crippen LogP contribution in [0, 0.1) is 5.92 Å². The molecule has 154 valence electrons. The van der Waals surface area contributed by atoms with Gasteiger partial charge in [0.25, 0.3) is 0 Å². The molecule has 3 aliphatic heterocycles. The van der Waals surface area contributed by atoms with E-state index in [0.29, 0.717) is 6.04 Å². The van der Waals surface area contributed by atoms with Crippen molar-refractivity contribution >= 4 is 11.6 Å². The molecule has 29 heavy (non-hydrogen) atoms. The SMILES string of the molecule is COc1cccc(CN2CCC3CCN(c4cc(N5CCCC5)ncn4)CC32)c1. The molecular formula is C23H31N5O. The minimum absolute atomic E-state index is 0.597. The molecule has 1 aromatic carbocycles. The van der Waals surface area contributed by atoms with Gasteiger partial charge in [-0.25, -0.2) is 9.97 Å². The van der Waals surface area contributed by atoms with Crippen LogP contribution >= 0.6 is 0 Å². The van der Waals surface area contributed by atoms with Crippen LogP contribution in [0.5, 0.6) is 5.75 Å². The molecule has 5 rings (SSSR count). The van der Waals surface area contributed by atoms with Crippen LogP contribution in [0.4, 0.5) is 11.6 Å². The van der Waals surface area contributed by atoms with Crippen LogP contribution in [-0.4, -0.2) is 60.7 Å².